The number of hydrogen-bond acceptors (Lipinski definition) is 6. The highest BCUT2D eigenvalue weighted by atomic mass is 32.2. The number of aliphatic hydroxyl groups excluding tert-OH is 1. The van der Waals surface area contributed by atoms with Crippen LogP contribution in [0.25, 0.3) is 0 Å². The predicted octanol–water partition coefficient (Wildman–Crippen LogP) is -0.731. The van der Waals surface area contributed by atoms with E-state index in [1.54, 1.807) is 6.92 Å². The van der Waals surface area contributed by atoms with Crippen molar-refractivity contribution in [2.45, 2.75) is 19.8 Å². The predicted molar refractivity (Wildman–Crippen MR) is 74.8 cm³/mol. The van der Waals surface area contributed by atoms with Crippen LogP contribution in [-0.4, -0.2) is 80.4 Å². The van der Waals surface area contributed by atoms with E-state index in [9.17, 15) is 13.2 Å². The summed E-state index contributed by atoms with van der Waals surface area (Å²) in [5.41, 5.74) is 0. The van der Waals surface area contributed by atoms with Gasteiger partial charge < -0.3 is 9.84 Å². The van der Waals surface area contributed by atoms with Crippen molar-refractivity contribution < 1.29 is 23.1 Å². The van der Waals surface area contributed by atoms with Crippen LogP contribution in [0.4, 0.5) is 0 Å². The second-order valence-electron chi connectivity index (χ2n) is 4.69. The van der Waals surface area contributed by atoms with E-state index < -0.39 is 16.0 Å². The Morgan fingerprint density at radius 3 is 2.65 bits per heavy atom. The van der Waals surface area contributed by atoms with Crippen molar-refractivity contribution in [2.24, 2.45) is 0 Å². The van der Waals surface area contributed by atoms with Crippen LogP contribution in [-0.2, 0) is 19.6 Å². The Morgan fingerprint density at radius 2 is 2.00 bits per heavy atom. The summed E-state index contributed by atoms with van der Waals surface area (Å²) >= 11 is 0. The van der Waals surface area contributed by atoms with Crippen LogP contribution in [0.15, 0.2) is 0 Å². The number of sulfonamides is 1. The number of aliphatic hydroxyl groups is 1. The van der Waals surface area contributed by atoms with Gasteiger partial charge in [0.2, 0.25) is 10.0 Å². The van der Waals surface area contributed by atoms with Crippen molar-refractivity contribution in [1.82, 2.24) is 9.21 Å². The van der Waals surface area contributed by atoms with Gasteiger partial charge in [-0.3, -0.25) is 9.69 Å². The monoisotopic (exact) mass is 308 g/mol. The molecule has 0 aliphatic carbocycles. The molecule has 0 radical (unpaired) electrons. The quantitative estimate of drug-likeness (QED) is 0.624. The molecule has 8 heteroatoms. The molecular formula is C12H24N2O5S. The zero-order chi connectivity index (χ0) is 15.0. The summed E-state index contributed by atoms with van der Waals surface area (Å²) < 4.78 is 30.5. The molecule has 118 valence electrons. The highest BCUT2D eigenvalue weighted by Gasteiger charge is 2.25. The maximum Gasteiger partial charge on any atom is 0.306 e. The molecule has 7 nitrogen and oxygen atoms in total. The molecule has 0 aromatic rings. The molecule has 0 saturated carbocycles. The fourth-order valence-corrected chi connectivity index (χ4v) is 3.61. The third-order valence-electron chi connectivity index (χ3n) is 3.23. The van der Waals surface area contributed by atoms with Crippen molar-refractivity contribution in [2.75, 3.05) is 51.7 Å². The zero-order valence-electron chi connectivity index (χ0n) is 12.0. The number of ether oxygens (including phenoxy) is 1. The molecule has 0 aromatic heterocycles. The Morgan fingerprint density at radius 1 is 1.25 bits per heavy atom. The van der Waals surface area contributed by atoms with Gasteiger partial charge in [-0.25, -0.2) is 12.7 Å². The lowest BCUT2D eigenvalue weighted by molar-refractivity contribution is -0.142. The van der Waals surface area contributed by atoms with Crippen LogP contribution >= 0.6 is 0 Å². The minimum atomic E-state index is -3.42. The number of β-amino-alcohol motifs (C(OH)–C–C–N with tert-alkyl or cyclic N) is 1. The molecule has 1 saturated heterocycles. The highest BCUT2D eigenvalue weighted by Crippen LogP contribution is 2.10. The van der Waals surface area contributed by atoms with Gasteiger partial charge >= 0.3 is 5.97 Å². The Hall–Kier alpha value is -0.700. The van der Waals surface area contributed by atoms with Gasteiger partial charge in [-0.1, -0.05) is 0 Å². The molecule has 0 aromatic carbocycles. The number of rotatable bonds is 7. The van der Waals surface area contributed by atoms with Crippen molar-refractivity contribution in [3.05, 3.63) is 0 Å². The van der Waals surface area contributed by atoms with Gasteiger partial charge in [0.25, 0.3) is 0 Å². The van der Waals surface area contributed by atoms with E-state index >= 15 is 0 Å². The van der Waals surface area contributed by atoms with E-state index in [0.29, 0.717) is 26.2 Å². The maximum atomic E-state index is 12.2. The lowest BCUT2D eigenvalue weighted by Gasteiger charge is -2.21. The maximum absolute atomic E-state index is 12.2. The molecule has 0 atom stereocenters. The average Bonchev–Trinajstić information content (AvgIpc) is 2.64. The molecule has 1 N–H and O–H groups in total. The van der Waals surface area contributed by atoms with Crippen LogP contribution in [0.1, 0.15) is 19.8 Å². The van der Waals surface area contributed by atoms with E-state index in [4.69, 9.17) is 9.84 Å². The second-order valence-corrected chi connectivity index (χ2v) is 6.78. The summed E-state index contributed by atoms with van der Waals surface area (Å²) in [6.07, 6.45) is 0.631. The van der Waals surface area contributed by atoms with Gasteiger partial charge in [0.15, 0.2) is 0 Å². The first-order valence-electron chi connectivity index (χ1n) is 6.96. The molecular weight excluding hydrogens is 284 g/mol. The molecule has 0 spiro atoms. The Bertz CT molecular complexity index is 399. The molecule has 20 heavy (non-hydrogen) atoms. The third-order valence-corrected chi connectivity index (χ3v) is 5.10. The summed E-state index contributed by atoms with van der Waals surface area (Å²) in [4.78, 5) is 13.3. The molecule has 0 amide bonds. The number of esters is 1. The van der Waals surface area contributed by atoms with Gasteiger partial charge in [-0.2, -0.15) is 0 Å². The van der Waals surface area contributed by atoms with Crippen LogP contribution in [0, 0.1) is 0 Å². The van der Waals surface area contributed by atoms with E-state index in [-0.39, 0.29) is 25.4 Å². The first-order valence-corrected chi connectivity index (χ1v) is 8.57. The fraction of sp³-hybridized carbons (Fsp3) is 0.917. The minimum absolute atomic E-state index is 0.0790. The molecule has 0 bridgehead atoms. The minimum Gasteiger partial charge on any atom is -0.466 e. The Labute approximate surface area is 120 Å². The molecule has 1 aliphatic rings. The Balaban J connectivity index is 2.48. The van der Waals surface area contributed by atoms with E-state index in [2.05, 4.69) is 0 Å². The molecule has 1 aliphatic heterocycles. The highest BCUT2D eigenvalue weighted by molar-refractivity contribution is 7.89. The van der Waals surface area contributed by atoms with Gasteiger partial charge in [-0.05, 0) is 19.9 Å². The SMILES string of the molecule is CCOC(=O)CCS(=O)(=O)N1CCCN(CCO)CC1. The lowest BCUT2D eigenvalue weighted by atomic mass is 10.4. The van der Waals surface area contributed by atoms with Gasteiger partial charge in [0.1, 0.15) is 0 Å². The van der Waals surface area contributed by atoms with E-state index in [1.165, 1.54) is 4.31 Å². The van der Waals surface area contributed by atoms with Gasteiger partial charge in [0.05, 0.1) is 25.4 Å². The Kier molecular flexibility index (Phi) is 7.42. The standard InChI is InChI=1S/C12H24N2O5S/c1-2-19-12(16)4-11-20(17,18)14-6-3-5-13(7-8-14)9-10-15/h15H,2-11H2,1H3. The molecule has 1 heterocycles. The first-order chi connectivity index (χ1) is 9.49. The molecule has 1 fully saturated rings. The van der Waals surface area contributed by atoms with Gasteiger partial charge in [-0.15, -0.1) is 0 Å². The largest absolute Gasteiger partial charge is 0.466 e. The number of nitrogens with zero attached hydrogens (tertiary/aromatic N) is 2. The van der Waals surface area contributed by atoms with Crippen LogP contribution in [0.3, 0.4) is 0 Å². The lowest BCUT2D eigenvalue weighted by Crippen LogP contribution is -2.37. The summed E-state index contributed by atoms with van der Waals surface area (Å²) in [5.74, 6) is -0.681. The van der Waals surface area contributed by atoms with Crippen LogP contribution in [0.2, 0.25) is 0 Å². The third kappa shape index (κ3) is 5.74. The molecule has 0 unspecified atom stereocenters. The van der Waals surface area contributed by atoms with E-state index in [1.807, 2.05) is 4.90 Å². The summed E-state index contributed by atoms with van der Waals surface area (Å²) in [7, 11) is -3.42. The van der Waals surface area contributed by atoms with Gasteiger partial charge in [0, 0.05) is 26.2 Å². The fourth-order valence-electron chi connectivity index (χ4n) is 2.16. The van der Waals surface area contributed by atoms with Crippen LogP contribution in [0.5, 0.6) is 0 Å². The van der Waals surface area contributed by atoms with Crippen molar-refractivity contribution >= 4 is 16.0 Å². The average molecular weight is 308 g/mol. The smallest absolute Gasteiger partial charge is 0.306 e. The van der Waals surface area contributed by atoms with Crippen molar-refractivity contribution in [1.29, 1.82) is 0 Å². The van der Waals surface area contributed by atoms with Crippen LogP contribution < -0.4 is 0 Å². The van der Waals surface area contributed by atoms with Crippen molar-refractivity contribution in [3.63, 3.8) is 0 Å². The number of hydrogen-bond donors (Lipinski definition) is 1. The first kappa shape index (κ1) is 17.4. The topological polar surface area (TPSA) is 87.2 Å². The van der Waals surface area contributed by atoms with Crippen molar-refractivity contribution in [3.8, 4) is 0 Å². The normalized spacial score (nSPS) is 18.7. The van der Waals surface area contributed by atoms with E-state index in [0.717, 1.165) is 13.0 Å². The second kappa shape index (κ2) is 8.56. The molecule has 1 rings (SSSR count). The zero-order valence-corrected chi connectivity index (χ0v) is 12.8. The number of carbonyl (C=O) groups excluding carboxylic acids is 1. The summed E-state index contributed by atoms with van der Waals surface area (Å²) in [6.45, 7) is 4.86. The number of carbonyl (C=O) groups is 1. The summed E-state index contributed by atoms with van der Waals surface area (Å²) in [6, 6.07) is 0. The summed E-state index contributed by atoms with van der Waals surface area (Å²) in [5, 5.41) is 8.91.